The van der Waals surface area contributed by atoms with E-state index < -0.39 is 34.6 Å². The molecule has 1 nitrogen and oxygen atoms in total. The highest BCUT2D eigenvalue weighted by Crippen LogP contribution is 2.37. The van der Waals surface area contributed by atoms with Crippen molar-refractivity contribution in [3.05, 3.63) is 53.9 Å². The van der Waals surface area contributed by atoms with Crippen molar-refractivity contribution >= 4 is 0 Å². The van der Waals surface area contributed by atoms with Gasteiger partial charge in [0, 0.05) is 11.8 Å². The lowest BCUT2D eigenvalue weighted by Gasteiger charge is -2.13. The van der Waals surface area contributed by atoms with Gasteiger partial charge >= 0.3 is 6.18 Å². The number of benzene rings is 1. The third-order valence-electron chi connectivity index (χ3n) is 2.37. The van der Waals surface area contributed by atoms with E-state index in [1.165, 1.54) is 12.1 Å². The molecule has 6 heteroatoms. The Morgan fingerprint density at radius 1 is 0.889 bits per heavy atom. The summed E-state index contributed by atoms with van der Waals surface area (Å²) in [5.74, 6) is -2.82. The molecule has 0 bridgehead atoms. The lowest BCUT2D eigenvalue weighted by Crippen LogP contribution is -2.07. The van der Waals surface area contributed by atoms with Gasteiger partial charge in [0.2, 0.25) is 5.95 Å². The molecule has 0 atom stereocenters. The fraction of sp³-hybridized carbons (Fsp3) is 0.0833. The number of aromatic nitrogens is 1. The molecule has 94 valence electrons. The first kappa shape index (κ1) is 12.5. The van der Waals surface area contributed by atoms with E-state index in [4.69, 9.17) is 0 Å². The van der Waals surface area contributed by atoms with Crippen LogP contribution in [0.1, 0.15) is 5.56 Å². The van der Waals surface area contributed by atoms with Crippen LogP contribution in [0, 0.1) is 11.8 Å². The molecule has 0 fully saturated rings. The molecule has 1 aromatic carbocycles. The largest absolute Gasteiger partial charge is 0.417 e. The summed E-state index contributed by atoms with van der Waals surface area (Å²) in [5.41, 5.74) is -1.89. The molecular weight excluding hydrogens is 253 g/mol. The standard InChI is InChI=1S/C12H6F5N/c13-10-8(5-6-18-11(10)14)7-3-1-2-4-9(7)12(15,16)17/h1-6H. The first-order valence-electron chi connectivity index (χ1n) is 4.88. The Labute approximate surface area is 98.9 Å². The zero-order chi connectivity index (χ0) is 13.3. The third kappa shape index (κ3) is 2.18. The van der Waals surface area contributed by atoms with E-state index in [0.29, 0.717) is 0 Å². The van der Waals surface area contributed by atoms with Gasteiger partial charge in [0.15, 0.2) is 5.82 Å². The highest BCUT2D eigenvalue weighted by Gasteiger charge is 2.34. The fourth-order valence-corrected chi connectivity index (χ4v) is 1.59. The minimum Gasteiger partial charge on any atom is -0.226 e. The molecule has 0 unspecified atom stereocenters. The quantitative estimate of drug-likeness (QED) is 0.556. The monoisotopic (exact) mass is 259 g/mol. The summed E-state index contributed by atoms with van der Waals surface area (Å²) in [5, 5.41) is 0. The molecule has 1 heterocycles. The minimum atomic E-state index is -4.64. The molecule has 0 spiro atoms. The summed E-state index contributed by atoms with van der Waals surface area (Å²) in [4.78, 5) is 3.03. The number of halogens is 5. The maximum Gasteiger partial charge on any atom is 0.417 e. The average Bonchev–Trinajstić information content (AvgIpc) is 2.32. The normalized spacial score (nSPS) is 11.6. The Kier molecular flexibility index (Phi) is 3.02. The second-order valence-electron chi connectivity index (χ2n) is 3.51. The van der Waals surface area contributed by atoms with Gasteiger partial charge in [0.1, 0.15) is 0 Å². The Balaban J connectivity index is 2.69. The average molecular weight is 259 g/mol. The molecule has 0 saturated carbocycles. The summed E-state index contributed by atoms with van der Waals surface area (Å²) < 4.78 is 64.6. The van der Waals surface area contributed by atoms with E-state index >= 15 is 0 Å². The van der Waals surface area contributed by atoms with Crippen molar-refractivity contribution in [2.45, 2.75) is 6.18 Å². The molecule has 18 heavy (non-hydrogen) atoms. The maximum absolute atomic E-state index is 13.5. The van der Waals surface area contributed by atoms with Crippen LogP contribution in [0.3, 0.4) is 0 Å². The van der Waals surface area contributed by atoms with Gasteiger partial charge in [-0.2, -0.15) is 17.6 Å². The van der Waals surface area contributed by atoms with Gasteiger partial charge < -0.3 is 0 Å². The lowest BCUT2D eigenvalue weighted by molar-refractivity contribution is -0.137. The van der Waals surface area contributed by atoms with Crippen molar-refractivity contribution in [2.75, 3.05) is 0 Å². The van der Waals surface area contributed by atoms with E-state index in [9.17, 15) is 22.0 Å². The Morgan fingerprint density at radius 3 is 2.22 bits per heavy atom. The van der Waals surface area contributed by atoms with Crippen LogP contribution in [0.5, 0.6) is 0 Å². The lowest BCUT2D eigenvalue weighted by atomic mass is 10.00. The molecule has 0 aliphatic carbocycles. The molecule has 0 amide bonds. The number of hydrogen-bond donors (Lipinski definition) is 0. The van der Waals surface area contributed by atoms with Crippen LogP contribution in [-0.4, -0.2) is 4.98 Å². The molecule has 2 rings (SSSR count). The zero-order valence-corrected chi connectivity index (χ0v) is 8.80. The van der Waals surface area contributed by atoms with Crippen LogP contribution in [0.4, 0.5) is 22.0 Å². The van der Waals surface area contributed by atoms with Gasteiger partial charge in [-0.05, 0) is 17.7 Å². The predicted molar refractivity (Wildman–Crippen MR) is 54.6 cm³/mol. The van der Waals surface area contributed by atoms with Gasteiger partial charge in [-0.25, -0.2) is 9.37 Å². The minimum absolute atomic E-state index is 0.413. The summed E-state index contributed by atoms with van der Waals surface area (Å²) >= 11 is 0. The van der Waals surface area contributed by atoms with Crippen molar-refractivity contribution in [1.82, 2.24) is 4.98 Å². The fourth-order valence-electron chi connectivity index (χ4n) is 1.59. The number of hydrogen-bond acceptors (Lipinski definition) is 1. The number of nitrogens with zero attached hydrogens (tertiary/aromatic N) is 1. The Bertz CT molecular complexity index is 577. The molecular formula is C12H6F5N. The second-order valence-corrected chi connectivity index (χ2v) is 3.51. The number of alkyl halides is 3. The molecule has 0 saturated heterocycles. The van der Waals surface area contributed by atoms with Gasteiger partial charge in [-0.3, -0.25) is 0 Å². The second kappa shape index (κ2) is 4.36. The number of rotatable bonds is 1. The van der Waals surface area contributed by atoms with Crippen LogP contribution in [0.15, 0.2) is 36.5 Å². The van der Waals surface area contributed by atoms with Crippen molar-refractivity contribution in [3.8, 4) is 11.1 Å². The van der Waals surface area contributed by atoms with E-state index in [-0.39, 0.29) is 0 Å². The highest BCUT2D eigenvalue weighted by molar-refractivity contribution is 5.68. The topological polar surface area (TPSA) is 12.9 Å². The molecule has 1 aromatic heterocycles. The molecule has 0 aliphatic heterocycles. The smallest absolute Gasteiger partial charge is 0.226 e. The van der Waals surface area contributed by atoms with Crippen LogP contribution in [0.25, 0.3) is 11.1 Å². The van der Waals surface area contributed by atoms with Crippen molar-refractivity contribution in [3.63, 3.8) is 0 Å². The molecule has 0 N–H and O–H groups in total. The van der Waals surface area contributed by atoms with Gasteiger partial charge in [-0.1, -0.05) is 18.2 Å². The van der Waals surface area contributed by atoms with Crippen molar-refractivity contribution < 1.29 is 22.0 Å². The first-order valence-corrected chi connectivity index (χ1v) is 4.88. The van der Waals surface area contributed by atoms with E-state index in [2.05, 4.69) is 4.98 Å². The summed E-state index contributed by atoms with van der Waals surface area (Å²) in [6.45, 7) is 0. The third-order valence-corrected chi connectivity index (χ3v) is 2.37. The van der Waals surface area contributed by atoms with Crippen LogP contribution in [-0.2, 0) is 6.18 Å². The van der Waals surface area contributed by atoms with Gasteiger partial charge in [0.05, 0.1) is 5.56 Å². The highest BCUT2D eigenvalue weighted by atomic mass is 19.4. The SMILES string of the molecule is Fc1nccc(-c2ccccc2C(F)(F)F)c1F. The Morgan fingerprint density at radius 2 is 1.56 bits per heavy atom. The van der Waals surface area contributed by atoms with E-state index in [0.717, 1.165) is 24.4 Å². The zero-order valence-electron chi connectivity index (χ0n) is 8.80. The van der Waals surface area contributed by atoms with Gasteiger partial charge in [0.25, 0.3) is 0 Å². The Hall–Kier alpha value is -1.98. The molecule has 0 radical (unpaired) electrons. The summed E-state index contributed by atoms with van der Waals surface area (Å²) in [7, 11) is 0. The summed E-state index contributed by atoms with van der Waals surface area (Å²) in [6, 6.07) is 5.40. The van der Waals surface area contributed by atoms with E-state index in [1.54, 1.807) is 0 Å². The molecule has 2 aromatic rings. The van der Waals surface area contributed by atoms with Crippen molar-refractivity contribution in [1.29, 1.82) is 0 Å². The number of pyridine rings is 1. The predicted octanol–water partition coefficient (Wildman–Crippen LogP) is 4.05. The van der Waals surface area contributed by atoms with Crippen LogP contribution < -0.4 is 0 Å². The van der Waals surface area contributed by atoms with Gasteiger partial charge in [-0.15, -0.1) is 0 Å². The van der Waals surface area contributed by atoms with Crippen LogP contribution in [0.2, 0.25) is 0 Å². The molecule has 0 aliphatic rings. The first-order chi connectivity index (χ1) is 8.41. The maximum atomic E-state index is 13.5. The van der Waals surface area contributed by atoms with Crippen molar-refractivity contribution in [2.24, 2.45) is 0 Å². The van der Waals surface area contributed by atoms with E-state index in [1.807, 2.05) is 0 Å². The summed E-state index contributed by atoms with van der Waals surface area (Å²) in [6.07, 6.45) is -3.72. The van der Waals surface area contributed by atoms with Crippen LogP contribution >= 0.6 is 0 Å².